The second-order valence-electron chi connectivity index (χ2n) is 11.0. The van der Waals surface area contributed by atoms with Crippen molar-refractivity contribution < 1.29 is 23.4 Å². The Hall–Kier alpha value is -3.15. The summed E-state index contributed by atoms with van der Waals surface area (Å²) in [5.41, 5.74) is 6.54. The minimum absolute atomic E-state index is 0.106. The molecular weight excluding hydrogens is 576 g/mol. The van der Waals surface area contributed by atoms with Gasteiger partial charge in [-0.25, -0.2) is 4.68 Å². The Labute approximate surface area is 251 Å². The van der Waals surface area contributed by atoms with E-state index in [0.29, 0.717) is 34.3 Å². The number of esters is 1. The molecule has 0 amide bonds. The lowest BCUT2D eigenvalue weighted by molar-refractivity contribution is -0.143. The molecule has 2 N–H and O–H groups in total. The van der Waals surface area contributed by atoms with Crippen LogP contribution >= 0.6 is 22.4 Å². The average molecular weight is 611 g/mol. The summed E-state index contributed by atoms with van der Waals surface area (Å²) < 4.78 is 38.0. The average Bonchev–Trinajstić information content (AvgIpc) is 3.57. The molecule has 0 radical (unpaired) electrons. The van der Waals surface area contributed by atoms with E-state index in [2.05, 4.69) is 22.4 Å². The summed E-state index contributed by atoms with van der Waals surface area (Å²) in [4.78, 5) is 13.3. The summed E-state index contributed by atoms with van der Waals surface area (Å²) in [5, 5.41) is 8.85. The Balaban J connectivity index is 1.44. The standard InChI is InChI=1S/C31H35ClN4O5S/c1-4-40-29(37)16-25(24-12-13-26-31(30(24)32)33-34-35(26)3)21-14-20-8-7-9-23(20)22(15-21)18-36-17-19(2)41-27-10-5-6-11-28(27)42(36,38)39/h5-6,10-15,19,25,38-39H,4,7-9,16-18H2,1-3H3/t19-,25?/m1/s1. The third-order valence-corrected chi connectivity index (χ3v) is 10.5. The Morgan fingerprint density at radius 2 is 2.02 bits per heavy atom. The van der Waals surface area contributed by atoms with E-state index < -0.39 is 10.8 Å². The molecule has 222 valence electrons. The summed E-state index contributed by atoms with van der Waals surface area (Å²) in [6.45, 7) is 4.68. The van der Waals surface area contributed by atoms with Crippen LogP contribution in [0.15, 0.2) is 53.4 Å². The maximum absolute atomic E-state index is 12.9. The summed E-state index contributed by atoms with van der Waals surface area (Å²) in [7, 11) is -1.50. The second kappa shape index (κ2) is 11.5. The minimum atomic E-state index is -3.31. The van der Waals surface area contributed by atoms with Crippen LogP contribution in [0.2, 0.25) is 5.02 Å². The van der Waals surface area contributed by atoms with E-state index in [1.807, 2.05) is 32.2 Å². The van der Waals surface area contributed by atoms with Crippen molar-refractivity contribution in [3.63, 3.8) is 0 Å². The van der Waals surface area contributed by atoms with Gasteiger partial charge in [0.05, 0.1) is 30.1 Å². The van der Waals surface area contributed by atoms with Gasteiger partial charge in [0.1, 0.15) is 22.3 Å². The zero-order valence-electron chi connectivity index (χ0n) is 23.9. The minimum Gasteiger partial charge on any atom is -0.487 e. The molecule has 6 rings (SSSR count). The van der Waals surface area contributed by atoms with Gasteiger partial charge >= 0.3 is 5.97 Å². The molecule has 0 saturated heterocycles. The van der Waals surface area contributed by atoms with Crippen LogP contribution < -0.4 is 4.74 Å². The van der Waals surface area contributed by atoms with E-state index in [0.717, 1.165) is 41.5 Å². The van der Waals surface area contributed by atoms with E-state index >= 15 is 0 Å². The maximum Gasteiger partial charge on any atom is 0.306 e. The molecule has 0 fully saturated rings. The molecule has 4 aromatic rings. The summed E-state index contributed by atoms with van der Waals surface area (Å²) in [6.07, 6.45) is 2.70. The van der Waals surface area contributed by atoms with Crippen LogP contribution in [0.4, 0.5) is 0 Å². The predicted octanol–water partition coefficient (Wildman–Crippen LogP) is 6.50. The number of halogens is 1. The molecule has 2 aliphatic rings. The molecule has 1 unspecified atom stereocenters. The van der Waals surface area contributed by atoms with Gasteiger partial charge in [-0.2, -0.15) is 4.31 Å². The second-order valence-corrected chi connectivity index (χ2v) is 13.4. The molecule has 42 heavy (non-hydrogen) atoms. The number of fused-ring (bicyclic) bond motifs is 3. The predicted molar refractivity (Wildman–Crippen MR) is 163 cm³/mol. The fraction of sp³-hybridized carbons (Fsp3) is 0.387. The van der Waals surface area contributed by atoms with Crippen molar-refractivity contribution in [2.75, 3.05) is 13.2 Å². The van der Waals surface area contributed by atoms with Gasteiger partial charge in [-0.15, -0.1) is 15.9 Å². The first-order valence-electron chi connectivity index (χ1n) is 14.2. The fourth-order valence-corrected chi connectivity index (χ4v) is 8.21. The highest BCUT2D eigenvalue weighted by Gasteiger charge is 2.35. The molecule has 0 spiro atoms. The number of hydrogen-bond donors (Lipinski definition) is 2. The topological polar surface area (TPSA) is 110 Å². The number of rotatable bonds is 7. The van der Waals surface area contributed by atoms with Gasteiger partial charge in [-0.3, -0.25) is 13.9 Å². The van der Waals surface area contributed by atoms with Gasteiger partial charge in [-0.1, -0.05) is 47.1 Å². The molecule has 2 heterocycles. The van der Waals surface area contributed by atoms with Crippen molar-refractivity contribution >= 4 is 39.4 Å². The third-order valence-electron chi connectivity index (χ3n) is 8.18. The summed E-state index contributed by atoms with van der Waals surface area (Å²) in [5.74, 6) is -0.209. The Morgan fingerprint density at radius 1 is 1.21 bits per heavy atom. The normalized spacial score (nSPS) is 19.4. The number of para-hydroxylation sites is 1. The first kappa shape index (κ1) is 28.9. The Morgan fingerprint density at radius 3 is 2.83 bits per heavy atom. The van der Waals surface area contributed by atoms with Crippen molar-refractivity contribution in [3.05, 3.63) is 81.4 Å². The van der Waals surface area contributed by atoms with E-state index in [-0.39, 0.29) is 31.0 Å². The summed E-state index contributed by atoms with van der Waals surface area (Å²) in [6, 6.07) is 15.3. The van der Waals surface area contributed by atoms with Crippen molar-refractivity contribution in [2.24, 2.45) is 7.05 Å². The van der Waals surface area contributed by atoms with Crippen molar-refractivity contribution in [3.8, 4) is 5.75 Å². The SMILES string of the molecule is CCOC(=O)CC(c1cc2c(c(CN3C[C@@H](C)Oc4ccccc4S3(O)O)c1)CCC2)c1ccc2c(nnn2C)c1Cl. The zero-order chi connectivity index (χ0) is 29.6. The molecule has 9 nitrogen and oxygen atoms in total. The van der Waals surface area contributed by atoms with Crippen LogP contribution in [-0.4, -0.2) is 53.6 Å². The van der Waals surface area contributed by atoms with Crippen LogP contribution in [-0.2, 0) is 36.0 Å². The van der Waals surface area contributed by atoms with Crippen molar-refractivity contribution in [1.29, 1.82) is 0 Å². The van der Waals surface area contributed by atoms with Gasteiger partial charge < -0.3 is 9.47 Å². The molecule has 1 aromatic heterocycles. The molecule has 1 aliphatic heterocycles. The molecule has 11 heteroatoms. The number of hydrogen-bond acceptors (Lipinski definition) is 8. The number of carbonyl (C=O) groups is 1. The molecule has 0 saturated carbocycles. The van der Waals surface area contributed by atoms with Crippen LogP contribution in [0.25, 0.3) is 11.0 Å². The molecule has 2 atom stereocenters. The fourth-order valence-electron chi connectivity index (χ4n) is 6.22. The number of carbonyl (C=O) groups excluding carboxylic acids is 1. The number of aryl methyl sites for hydroxylation is 2. The number of benzene rings is 3. The first-order valence-corrected chi connectivity index (χ1v) is 16.1. The van der Waals surface area contributed by atoms with Gasteiger partial charge in [0.15, 0.2) is 0 Å². The zero-order valence-corrected chi connectivity index (χ0v) is 25.5. The van der Waals surface area contributed by atoms with Crippen LogP contribution in [0.5, 0.6) is 5.75 Å². The number of ether oxygens (including phenoxy) is 2. The molecule has 1 aliphatic carbocycles. The first-order chi connectivity index (χ1) is 20.2. The molecular formula is C31H35ClN4O5S. The molecule has 0 bridgehead atoms. The highest BCUT2D eigenvalue weighted by Crippen LogP contribution is 2.57. The highest BCUT2D eigenvalue weighted by atomic mass is 35.5. The van der Waals surface area contributed by atoms with Crippen molar-refractivity contribution in [1.82, 2.24) is 19.3 Å². The number of aromatic nitrogens is 3. The monoisotopic (exact) mass is 610 g/mol. The smallest absolute Gasteiger partial charge is 0.306 e. The molecule has 3 aromatic carbocycles. The van der Waals surface area contributed by atoms with Gasteiger partial charge in [0.2, 0.25) is 0 Å². The van der Waals surface area contributed by atoms with Gasteiger partial charge in [-0.05, 0) is 79.1 Å². The largest absolute Gasteiger partial charge is 0.487 e. The van der Waals surface area contributed by atoms with Gasteiger partial charge in [0.25, 0.3) is 0 Å². The lowest BCUT2D eigenvalue weighted by Gasteiger charge is -2.42. The van der Waals surface area contributed by atoms with Crippen LogP contribution in [0.1, 0.15) is 60.4 Å². The number of nitrogens with zero attached hydrogens (tertiary/aromatic N) is 4. The Bertz CT molecular complexity index is 1660. The third kappa shape index (κ3) is 5.26. The lowest BCUT2D eigenvalue weighted by Crippen LogP contribution is -2.33. The van der Waals surface area contributed by atoms with E-state index in [4.69, 9.17) is 21.1 Å². The summed E-state index contributed by atoms with van der Waals surface area (Å²) >= 11 is 6.94. The van der Waals surface area contributed by atoms with E-state index in [9.17, 15) is 13.9 Å². The maximum atomic E-state index is 12.9. The van der Waals surface area contributed by atoms with E-state index in [1.165, 1.54) is 11.1 Å². The van der Waals surface area contributed by atoms with Crippen molar-refractivity contribution in [2.45, 2.75) is 63.0 Å². The Kier molecular flexibility index (Phi) is 7.93. The highest BCUT2D eigenvalue weighted by molar-refractivity contribution is 8.22. The van der Waals surface area contributed by atoms with Gasteiger partial charge in [0, 0.05) is 19.5 Å². The lowest BCUT2D eigenvalue weighted by atomic mass is 9.85. The van der Waals surface area contributed by atoms with Crippen LogP contribution in [0.3, 0.4) is 0 Å². The quantitative estimate of drug-likeness (QED) is 0.228. The van der Waals surface area contributed by atoms with Crippen LogP contribution in [0, 0.1) is 0 Å². The van der Waals surface area contributed by atoms with E-state index in [1.54, 1.807) is 34.1 Å².